The Hall–Kier alpha value is -3.15. The average Bonchev–Trinajstić information content (AvgIpc) is 2.59. The molecule has 3 rings (SSSR count). The number of rotatable bonds is 4. The lowest BCUT2D eigenvalue weighted by molar-refractivity contribution is -0.116. The number of para-hydroxylation sites is 1. The molecule has 0 spiro atoms. The van der Waals surface area contributed by atoms with E-state index in [9.17, 15) is 14.4 Å². The lowest BCUT2D eigenvalue weighted by Crippen LogP contribution is -2.41. The Kier molecular flexibility index (Phi) is 4.52. The molecule has 0 atom stereocenters. The minimum Gasteiger partial charge on any atom is -0.325 e. The third kappa shape index (κ3) is 3.24. The van der Waals surface area contributed by atoms with Crippen molar-refractivity contribution < 1.29 is 4.79 Å². The third-order valence-corrected chi connectivity index (χ3v) is 4.05. The number of aryl methyl sites for hydroxylation is 1. The summed E-state index contributed by atoms with van der Waals surface area (Å²) in [4.78, 5) is 37.4. The summed E-state index contributed by atoms with van der Waals surface area (Å²) in [5.74, 6) is -0.320. The van der Waals surface area contributed by atoms with Gasteiger partial charge in [0.2, 0.25) is 5.91 Å². The zero-order valence-electron chi connectivity index (χ0n) is 14.2. The van der Waals surface area contributed by atoms with E-state index in [1.165, 1.54) is 4.57 Å². The largest absolute Gasteiger partial charge is 0.331 e. The monoisotopic (exact) mass is 337 g/mol. The van der Waals surface area contributed by atoms with Gasteiger partial charge in [-0.3, -0.25) is 18.7 Å². The van der Waals surface area contributed by atoms with E-state index in [0.717, 1.165) is 10.1 Å². The molecule has 1 heterocycles. The first-order chi connectivity index (χ1) is 12.0. The van der Waals surface area contributed by atoms with Crippen molar-refractivity contribution in [1.82, 2.24) is 9.13 Å². The van der Waals surface area contributed by atoms with Gasteiger partial charge in [0.15, 0.2) is 0 Å². The Balaban J connectivity index is 2.02. The van der Waals surface area contributed by atoms with Gasteiger partial charge in [0.1, 0.15) is 6.54 Å². The number of aromatic nitrogens is 2. The number of carbonyl (C=O) groups is 1. The molecule has 0 bridgehead atoms. The van der Waals surface area contributed by atoms with Gasteiger partial charge < -0.3 is 5.32 Å². The molecule has 0 fully saturated rings. The van der Waals surface area contributed by atoms with E-state index < -0.39 is 5.69 Å². The van der Waals surface area contributed by atoms with Crippen LogP contribution in [0.25, 0.3) is 10.9 Å². The molecule has 128 valence electrons. The van der Waals surface area contributed by atoms with Crippen molar-refractivity contribution >= 4 is 22.5 Å². The van der Waals surface area contributed by atoms with Crippen molar-refractivity contribution in [2.24, 2.45) is 0 Å². The first-order valence-electron chi connectivity index (χ1n) is 8.10. The van der Waals surface area contributed by atoms with Gasteiger partial charge in [-0.15, -0.1) is 0 Å². The lowest BCUT2D eigenvalue weighted by Gasteiger charge is -2.13. The first kappa shape index (κ1) is 16.7. The van der Waals surface area contributed by atoms with Gasteiger partial charge in [0.05, 0.1) is 10.9 Å². The van der Waals surface area contributed by atoms with Gasteiger partial charge in [-0.1, -0.05) is 24.3 Å². The van der Waals surface area contributed by atoms with Crippen LogP contribution in [0.1, 0.15) is 12.5 Å². The Bertz CT molecular complexity index is 1060. The van der Waals surface area contributed by atoms with Crippen LogP contribution in [0.2, 0.25) is 0 Å². The van der Waals surface area contributed by atoms with Crippen molar-refractivity contribution in [3.05, 3.63) is 74.9 Å². The number of anilines is 1. The smallest absolute Gasteiger partial charge is 0.325 e. The van der Waals surface area contributed by atoms with Crippen LogP contribution in [0.5, 0.6) is 0 Å². The second-order valence-electron chi connectivity index (χ2n) is 5.85. The quantitative estimate of drug-likeness (QED) is 0.793. The molecule has 1 N–H and O–H groups in total. The molecular formula is C19H19N3O3. The molecule has 1 amide bonds. The highest BCUT2D eigenvalue weighted by Gasteiger charge is 2.14. The van der Waals surface area contributed by atoms with Crippen LogP contribution < -0.4 is 16.6 Å². The van der Waals surface area contributed by atoms with Crippen LogP contribution in [0, 0.1) is 6.92 Å². The average molecular weight is 337 g/mol. The SMILES string of the molecule is CCn1c(=O)c2ccccc2n(CC(=O)Nc2cccc(C)c2)c1=O. The Labute approximate surface area is 144 Å². The molecule has 0 aliphatic rings. The Morgan fingerprint density at radius 3 is 2.52 bits per heavy atom. The second-order valence-corrected chi connectivity index (χ2v) is 5.85. The Morgan fingerprint density at radius 2 is 1.80 bits per heavy atom. The third-order valence-electron chi connectivity index (χ3n) is 4.05. The molecular weight excluding hydrogens is 318 g/mol. The molecule has 25 heavy (non-hydrogen) atoms. The number of nitrogens with one attached hydrogen (secondary N) is 1. The predicted octanol–water partition coefficient (Wildman–Crippen LogP) is 2.13. The van der Waals surface area contributed by atoms with E-state index in [0.29, 0.717) is 16.6 Å². The van der Waals surface area contributed by atoms with Crippen molar-refractivity contribution in [3.63, 3.8) is 0 Å². The maximum absolute atomic E-state index is 12.6. The molecule has 0 unspecified atom stereocenters. The van der Waals surface area contributed by atoms with Gasteiger partial charge in [-0.2, -0.15) is 0 Å². The van der Waals surface area contributed by atoms with Gasteiger partial charge in [-0.05, 0) is 43.7 Å². The van der Waals surface area contributed by atoms with E-state index in [-0.39, 0.29) is 24.6 Å². The van der Waals surface area contributed by atoms with Crippen LogP contribution in [-0.4, -0.2) is 15.0 Å². The molecule has 6 nitrogen and oxygen atoms in total. The number of fused-ring (bicyclic) bond motifs is 1. The summed E-state index contributed by atoms with van der Waals surface area (Å²) in [6, 6.07) is 14.3. The normalized spacial score (nSPS) is 10.8. The molecule has 0 radical (unpaired) electrons. The minimum atomic E-state index is -0.481. The zero-order chi connectivity index (χ0) is 18.0. The van der Waals surface area contributed by atoms with Gasteiger partial charge >= 0.3 is 5.69 Å². The minimum absolute atomic E-state index is 0.159. The zero-order valence-corrected chi connectivity index (χ0v) is 14.2. The fourth-order valence-corrected chi connectivity index (χ4v) is 2.87. The molecule has 0 aliphatic carbocycles. The predicted molar refractivity (Wildman–Crippen MR) is 98.0 cm³/mol. The van der Waals surface area contributed by atoms with E-state index in [4.69, 9.17) is 0 Å². The molecule has 0 saturated carbocycles. The maximum Gasteiger partial charge on any atom is 0.331 e. The van der Waals surface area contributed by atoms with Crippen LogP contribution in [0.15, 0.2) is 58.1 Å². The highest BCUT2D eigenvalue weighted by atomic mass is 16.2. The second kappa shape index (κ2) is 6.76. The van der Waals surface area contributed by atoms with Crippen LogP contribution in [0.3, 0.4) is 0 Å². The number of carbonyl (C=O) groups excluding carboxylic acids is 1. The van der Waals surface area contributed by atoms with E-state index in [1.54, 1.807) is 37.3 Å². The summed E-state index contributed by atoms with van der Waals surface area (Å²) in [6.07, 6.45) is 0. The van der Waals surface area contributed by atoms with Crippen LogP contribution in [-0.2, 0) is 17.9 Å². The first-order valence-corrected chi connectivity index (χ1v) is 8.10. The number of benzene rings is 2. The summed E-state index contributed by atoms with van der Waals surface area (Å²) >= 11 is 0. The highest BCUT2D eigenvalue weighted by Crippen LogP contribution is 2.11. The fraction of sp³-hybridized carbons (Fsp3) is 0.211. The number of hydrogen-bond donors (Lipinski definition) is 1. The fourth-order valence-electron chi connectivity index (χ4n) is 2.87. The summed E-state index contributed by atoms with van der Waals surface area (Å²) in [7, 11) is 0. The van der Waals surface area contributed by atoms with Crippen molar-refractivity contribution in [3.8, 4) is 0 Å². The van der Waals surface area contributed by atoms with Crippen LogP contribution >= 0.6 is 0 Å². The van der Waals surface area contributed by atoms with Crippen LogP contribution in [0.4, 0.5) is 5.69 Å². The summed E-state index contributed by atoms with van der Waals surface area (Å²) in [5, 5.41) is 3.21. The standard InChI is InChI=1S/C19H19N3O3/c1-3-21-18(24)15-9-4-5-10-16(15)22(19(21)25)12-17(23)20-14-8-6-7-13(2)11-14/h4-11H,3,12H2,1-2H3,(H,20,23). The van der Waals surface area contributed by atoms with Gasteiger partial charge in [-0.25, -0.2) is 4.79 Å². The number of nitrogens with zero attached hydrogens (tertiary/aromatic N) is 2. The molecule has 0 saturated heterocycles. The summed E-state index contributed by atoms with van der Waals surface area (Å²) < 4.78 is 2.48. The molecule has 0 aliphatic heterocycles. The van der Waals surface area contributed by atoms with E-state index >= 15 is 0 Å². The summed E-state index contributed by atoms with van der Waals surface area (Å²) in [6.45, 7) is 3.76. The van der Waals surface area contributed by atoms with Gasteiger partial charge in [0, 0.05) is 12.2 Å². The molecule has 3 aromatic rings. The number of amides is 1. The number of hydrogen-bond acceptors (Lipinski definition) is 3. The van der Waals surface area contributed by atoms with Crippen molar-refractivity contribution in [2.75, 3.05) is 5.32 Å². The molecule has 2 aromatic carbocycles. The molecule has 1 aromatic heterocycles. The van der Waals surface area contributed by atoms with Crippen molar-refractivity contribution in [1.29, 1.82) is 0 Å². The van der Waals surface area contributed by atoms with E-state index in [2.05, 4.69) is 5.32 Å². The van der Waals surface area contributed by atoms with Crippen molar-refractivity contribution in [2.45, 2.75) is 26.9 Å². The highest BCUT2D eigenvalue weighted by molar-refractivity contribution is 5.91. The lowest BCUT2D eigenvalue weighted by atomic mass is 10.2. The van der Waals surface area contributed by atoms with Gasteiger partial charge in [0.25, 0.3) is 5.56 Å². The van der Waals surface area contributed by atoms with E-state index in [1.807, 2.05) is 25.1 Å². The topological polar surface area (TPSA) is 73.1 Å². The summed E-state index contributed by atoms with van der Waals surface area (Å²) in [5.41, 5.74) is 1.34. The molecule has 6 heteroatoms. The maximum atomic E-state index is 12.6. The Morgan fingerprint density at radius 1 is 1.04 bits per heavy atom.